The van der Waals surface area contributed by atoms with E-state index in [1.165, 1.54) is 0 Å². The van der Waals surface area contributed by atoms with Crippen molar-refractivity contribution in [3.63, 3.8) is 0 Å². The van der Waals surface area contributed by atoms with Gasteiger partial charge in [-0.05, 0) is 11.6 Å². The Morgan fingerprint density at radius 2 is 2.38 bits per heavy atom. The zero-order chi connectivity index (χ0) is 11.5. The largest absolute Gasteiger partial charge is 0.481 e. The number of rotatable bonds is 3. The van der Waals surface area contributed by atoms with Crippen molar-refractivity contribution in [2.45, 2.75) is 18.6 Å². The van der Waals surface area contributed by atoms with E-state index in [1.54, 1.807) is 12.4 Å². The number of aliphatic carboxylic acids is 1. The summed E-state index contributed by atoms with van der Waals surface area (Å²) < 4.78 is 0. The van der Waals surface area contributed by atoms with Crippen LogP contribution in [0.4, 0.5) is 0 Å². The van der Waals surface area contributed by atoms with E-state index in [4.69, 9.17) is 10.8 Å². The van der Waals surface area contributed by atoms with E-state index in [9.17, 15) is 4.79 Å². The lowest BCUT2D eigenvalue weighted by molar-refractivity contribution is -0.138. The fraction of sp³-hybridized carbons (Fsp3) is 0.400. The molecule has 1 fully saturated rings. The highest BCUT2D eigenvalue weighted by molar-refractivity contribution is 5.67. The van der Waals surface area contributed by atoms with Gasteiger partial charge in [0.1, 0.15) is 0 Å². The van der Waals surface area contributed by atoms with Gasteiger partial charge in [-0.1, -0.05) is 6.07 Å². The quantitative estimate of drug-likeness (QED) is 0.555. The van der Waals surface area contributed by atoms with Crippen LogP contribution in [0.1, 0.15) is 18.0 Å². The molecular weight excluding hydrogens is 208 g/mol. The first-order valence-electron chi connectivity index (χ1n) is 5.07. The summed E-state index contributed by atoms with van der Waals surface area (Å²) in [6.45, 7) is 0. The third-order valence-corrected chi connectivity index (χ3v) is 2.75. The number of nitrogens with zero attached hydrogens (tertiary/aromatic N) is 1. The highest BCUT2D eigenvalue weighted by Crippen LogP contribution is 2.28. The van der Waals surface area contributed by atoms with Crippen LogP contribution < -0.4 is 16.6 Å². The summed E-state index contributed by atoms with van der Waals surface area (Å²) in [4.78, 5) is 14.8. The molecule has 3 unspecified atom stereocenters. The number of hydrogen-bond acceptors (Lipinski definition) is 5. The Morgan fingerprint density at radius 3 is 3.00 bits per heavy atom. The molecule has 1 aromatic heterocycles. The predicted molar refractivity (Wildman–Crippen MR) is 57.0 cm³/mol. The summed E-state index contributed by atoms with van der Waals surface area (Å²) in [6.07, 6.45) is 3.06. The topological polar surface area (TPSA) is 100 Å². The molecule has 0 aliphatic carbocycles. The minimum absolute atomic E-state index is 0.0285. The van der Waals surface area contributed by atoms with Crippen LogP contribution in [-0.2, 0) is 4.79 Å². The number of hydrazine groups is 1. The van der Waals surface area contributed by atoms with Crippen LogP contribution in [0.2, 0.25) is 0 Å². The standard InChI is InChI=1S/C10H14N4O2/c11-10-7(4-8(15)16)9(13-14-10)6-2-1-3-12-5-6/h1-3,5,7,9-10,13-14H,4,11H2,(H,15,16). The molecule has 16 heavy (non-hydrogen) atoms. The maximum absolute atomic E-state index is 10.8. The van der Waals surface area contributed by atoms with Crippen LogP contribution in [0.15, 0.2) is 24.5 Å². The SMILES string of the molecule is NC1NNC(c2cccnc2)C1CC(=O)O. The van der Waals surface area contributed by atoms with E-state index in [0.29, 0.717) is 0 Å². The van der Waals surface area contributed by atoms with E-state index in [0.717, 1.165) is 5.56 Å². The minimum atomic E-state index is -0.847. The third kappa shape index (κ3) is 2.19. The number of carboxylic acids is 1. The fourth-order valence-corrected chi connectivity index (χ4v) is 1.94. The van der Waals surface area contributed by atoms with Crippen LogP contribution >= 0.6 is 0 Å². The average Bonchev–Trinajstić information content (AvgIpc) is 2.61. The summed E-state index contributed by atoms with van der Waals surface area (Å²) in [5.74, 6) is -1.03. The van der Waals surface area contributed by atoms with Crippen molar-refractivity contribution in [1.82, 2.24) is 15.8 Å². The summed E-state index contributed by atoms with van der Waals surface area (Å²) in [5.41, 5.74) is 12.6. The van der Waals surface area contributed by atoms with Gasteiger partial charge in [-0.25, -0.2) is 10.9 Å². The lowest BCUT2D eigenvalue weighted by atomic mass is 9.91. The molecule has 0 amide bonds. The van der Waals surface area contributed by atoms with Gasteiger partial charge in [0, 0.05) is 18.3 Å². The maximum atomic E-state index is 10.8. The van der Waals surface area contributed by atoms with Crippen molar-refractivity contribution in [2.24, 2.45) is 11.7 Å². The Balaban J connectivity index is 2.17. The minimum Gasteiger partial charge on any atom is -0.481 e. The van der Waals surface area contributed by atoms with Crippen LogP contribution in [-0.4, -0.2) is 22.2 Å². The normalized spacial score (nSPS) is 29.2. The molecule has 2 heterocycles. The third-order valence-electron chi connectivity index (χ3n) is 2.75. The Morgan fingerprint density at radius 1 is 1.56 bits per heavy atom. The van der Waals surface area contributed by atoms with E-state index in [-0.39, 0.29) is 24.5 Å². The number of aromatic nitrogens is 1. The Kier molecular flexibility index (Phi) is 3.14. The van der Waals surface area contributed by atoms with Gasteiger partial charge in [0.25, 0.3) is 0 Å². The number of carbonyl (C=O) groups is 1. The van der Waals surface area contributed by atoms with Crippen LogP contribution in [0.3, 0.4) is 0 Å². The molecular formula is C10H14N4O2. The van der Waals surface area contributed by atoms with Crippen LogP contribution in [0, 0.1) is 5.92 Å². The first kappa shape index (κ1) is 11.0. The smallest absolute Gasteiger partial charge is 0.303 e. The number of pyridine rings is 1. The summed E-state index contributed by atoms with van der Waals surface area (Å²) in [6, 6.07) is 3.61. The highest BCUT2D eigenvalue weighted by atomic mass is 16.4. The average molecular weight is 222 g/mol. The zero-order valence-electron chi connectivity index (χ0n) is 8.63. The van der Waals surface area contributed by atoms with Crippen molar-refractivity contribution in [3.8, 4) is 0 Å². The summed E-state index contributed by atoms with van der Waals surface area (Å²) >= 11 is 0. The first-order valence-corrected chi connectivity index (χ1v) is 5.07. The van der Waals surface area contributed by atoms with Gasteiger partial charge in [-0.3, -0.25) is 9.78 Å². The Hall–Kier alpha value is -1.50. The number of carboxylic acid groups (broad SMARTS) is 1. The zero-order valence-corrected chi connectivity index (χ0v) is 8.63. The monoisotopic (exact) mass is 222 g/mol. The molecule has 5 N–H and O–H groups in total. The molecule has 0 bridgehead atoms. The van der Waals surface area contributed by atoms with Gasteiger partial charge in [0.2, 0.25) is 0 Å². The fourth-order valence-electron chi connectivity index (χ4n) is 1.94. The molecule has 3 atom stereocenters. The van der Waals surface area contributed by atoms with Crippen molar-refractivity contribution in [3.05, 3.63) is 30.1 Å². The van der Waals surface area contributed by atoms with Crippen molar-refractivity contribution < 1.29 is 9.90 Å². The summed E-state index contributed by atoms with van der Waals surface area (Å²) in [7, 11) is 0. The molecule has 0 spiro atoms. The Bertz CT molecular complexity index is 370. The van der Waals surface area contributed by atoms with Gasteiger partial charge in [-0.15, -0.1) is 0 Å². The van der Waals surface area contributed by atoms with Gasteiger partial charge < -0.3 is 10.8 Å². The summed E-state index contributed by atoms with van der Waals surface area (Å²) in [5, 5.41) is 8.83. The molecule has 2 rings (SSSR count). The van der Waals surface area contributed by atoms with E-state index in [2.05, 4.69) is 15.8 Å². The second-order valence-corrected chi connectivity index (χ2v) is 3.84. The van der Waals surface area contributed by atoms with Crippen molar-refractivity contribution in [1.29, 1.82) is 0 Å². The second-order valence-electron chi connectivity index (χ2n) is 3.84. The van der Waals surface area contributed by atoms with Crippen LogP contribution in [0.25, 0.3) is 0 Å². The molecule has 6 nitrogen and oxygen atoms in total. The van der Waals surface area contributed by atoms with E-state index >= 15 is 0 Å². The molecule has 1 aliphatic heterocycles. The number of nitrogens with one attached hydrogen (secondary N) is 2. The molecule has 0 saturated carbocycles. The van der Waals surface area contributed by atoms with Crippen LogP contribution in [0.5, 0.6) is 0 Å². The van der Waals surface area contributed by atoms with Crippen molar-refractivity contribution >= 4 is 5.97 Å². The molecule has 6 heteroatoms. The lowest BCUT2D eigenvalue weighted by Gasteiger charge is -2.18. The van der Waals surface area contributed by atoms with Gasteiger partial charge in [0.05, 0.1) is 18.6 Å². The molecule has 0 radical (unpaired) electrons. The van der Waals surface area contributed by atoms with E-state index in [1.807, 2.05) is 12.1 Å². The lowest BCUT2D eigenvalue weighted by Crippen LogP contribution is -2.39. The van der Waals surface area contributed by atoms with Gasteiger partial charge in [-0.2, -0.15) is 0 Å². The molecule has 1 aromatic rings. The number of hydrogen-bond donors (Lipinski definition) is 4. The molecule has 1 saturated heterocycles. The molecule has 86 valence electrons. The first-order chi connectivity index (χ1) is 7.68. The maximum Gasteiger partial charge on any atom is 0.303 e. The second kappa shape index (κ2) is 4.56. The Labute approximate surface area is 92.8 Å². The van der Waals surface area contributed by atoms with Crippen molar-refractivity contribution in [2.75, 3.05) is 0 Å². The highest BCUT2D eigenvalue weighted by Gasteiger charge is 2.35. The van der Waals surface area contributed by atoms with E-state index < -0.39 is 5.97 Å². The van der Waals surface area contributed by atoms with Gasteiger partial charge in [0.15, 0.2) is 0 Å². The molecule has 0 aromatic carbocycles. The van der Waals surface area contributed by atoms with Gasteiger partial charge >= 0.3 is 5.97 Å². The number of nitrogens with two attached hydrogens (primary N) is 1. The predicted octanol–water partition coefficient (Wildman–Crippen LogP) is -0.394. The molecule has 1 aliphatic rings.